The molecule has 1 saturated heterocycles. The quantitative estimate of drug-likeness (QED) is 0.829. The number of alkyl halides is 3. The van der Waals surface area contributed by atoms with Gasteiger partial charge >= 0.3 is 6.18 Å². The van der Waals surface area contributed by atoms with E-state index in [1.807, 2.05) is 0 Å². The van der Waals surface area contributed by atoms with E-state index in [4.69, 9.17) is 4.52 Å². The van der Waals surface area contributed by atoms with E-state index < -0.39 is 11.7 Å². The average molecular weight is 352 g/mol. The highest BCUT2D eigenvalue weighted by Crippen LogP contribution is 2.30. The highest BCUT2D eigenvalue weighted by Gasteiger charge is 2.30. The highest BCUT2D eigenvalue weighted by atomic mass is 19.4. The second-order valence-corrected chi connectivity index (χ2v) is 6.38. The van der Waals surface area contributed by atoms with Crippen molar-refractivity contribution in [2.45, 2.75) is 31.9 Å². The first-order valence-corrected chi connectivity index (χ1v) is 8.29. The number of carbonyl (C=O) groups excluding carboxylic acids is 1. The van der Waals surface area contributed by atoms with Crippen LogP contribution in [0.3, 0.4) is 0 Å². The van der Waals surface area contributed by atoms with Gasteiger partial charge in [0.1, 0.15) is 6.26 Å². The van der Waals surface area contributed by atoms with Crippen LogP contribution in [0, 0.1) is 5.92 Å². The monoisotopic (exact) mass is 352 g/mol. The van der Waals surface area contributed by atoms with E-state index in [1.54, 1.807) is 11.0 Å². The van der Waals surface area contributed by atoms with Crippen molar-refractivity contribution in [1.29, 1.82) is 0 Å². The topological polar surface area (TPSA) is 46.3 Å². The zero-order valence-electron chi connectivity index (χ0n) is 13.6. The highest BCUT2D eigenvalue weighted by molar-refractivity contribution is 5.92. The fraction of sp³-hybridized carbons (Fsp3) is 0.444. The van der Waals surface area contributed by atoms with Crippen LogP contribution in [0.1, 0.15) is 40.9 Å². The largest absolute Gasteiger partial charge is 0.416 e. The summed E-state index contributed by atoms with van der Waals surface area (Å²) in [7, 11) is 0. The second kappa shape index (κ2) is 7.29. The van der Waals surface area contributed by atoms with Crippen molar-refractivity contribution in [2.24, 2.45) is 5.92 Å². The van der Waals surface area contributed by atoms with Gasteiger partial charge in [0.15, 0.2) is 5.69 Å². The molecule has 0 spiro atoms. The summed E-state index contributed by atoms with van der Waals surface area (Å²) in [5.41, 5.74) is 0.352. The summed E-state index contributed by atoms with van der Waals surface area (Å²) in [5.74, 6) is 0.122. The second-order valence-electron chi connectivity index (χ2n) is 6.38. The van der Waals surface area contributed by atoms with Crippen molar-refractivity contribution in [3.63, 3.8) is 0 Å². The summed E-state index contributed by atoms with van der Waals surface area (Å²) in [6.45, 7) is 1.27. The first kappa shape index (κ1) is 17.5. The van der Waals surface area contributed by atoms with Gasteiger partial charge in [-0.25, -0.2) is 0 Å². The van der Waals surface area contributed by atoms with E-state index in [0.29, 0.717) is 30.8 Å². The van der Waals surface area contributed by atoms with Crippen LogP contribution >= 0.6 is 0 Å². The molecule has 2 heterocycles. The minimum Gasteiger partial charge on any atom is -0.364 e. The molecule has 1 aromatic carbocycles. The Hall–Kier alpha value is -2.31. The molecule has 3 rings (SSSR count). The molecule has 0 N–H and O–H groups in total. The molecule has 2 aromatic rings. The maximum absolute atomic E-state index is 12.8. The zero-order chi connectivity index (χ0) is 17.9. The lowest BCUT2D eigenvalue weighted by atomic mass is 9.91. The standard InChI is InChI=1S/C18H19F3N2O2/c19-18(20,21)15-5-1-3-13(11-15)6-7-14-4-2-9-23(12-14)17(24)16-8-10-25-22-16/h1,3,5,8,10-11,14H,2,4,6-7,9,12H2/t14-/m1/s1. The van der Waals surface area contributed by atoms with Crippen LogP contribution in [0.25, 0.3) is 0 Å². The number of benzene rings is 1. The number of likely N-dealkylation sites (tertiary alicyclic amines) is 1. The Morgan fingerprint density at radius 3 is 2.88 bits per heavy atom. The van der Waals surface area contributed by atoms with Crippen LogP contribution in [-0.4, -0.2) is 29.1 Å². The first-order valence-electron chi connectivity index (χ1n) is 8.29. The molecule has 0 bridgehead atoms. The molecule has 1 aromatic heterocycles. The van der Waals surface area contributed by atoms with Crippen molar-refractivity contribution in [1.82, 2.24) is 10.1 Å². The van der Waals surface area contributed by atoms with Crippen molar-refractivity contribution < 1.29 is 22.5 Å². The summed E-state index contributed by atoms with van der Waals surface area (Å²) in [5, 5.41) is 3.67. The maximum Gasteiger partial charge on any atom is 0.416 e. The number of piperidine rings is 1. The molecule has 1 fully saturated rings. The van der Waals surface area contributed by atoms with E-state index in [9.17, 15) is 18.0 Å². The summed E-state index contributed by atoms with van der Waals surface area (Å²) < 4.78 is 43.0. The Kier molecular flexibility index (Phi) is 5.11. The molecule has 0 unspecified atom stereocenters. The number of rotatable bonds is 4. The summed E-state index contributed by atoms with van der Waals surface area (Å²) in [4.78, 5) is 14.1. The number of hydrogen-bond acceptors (Lipinski definition) is 3. The number of aromatic nitrogens is 1. The Morgan fingerprint density at radius 1 is 1.32 bits per heavy atom. The van der Waals surface area contributed by atoms with E-state index in [2.05, 4.69) is 5.16 Å². The van der Waals surface area contributed by atoms with Crippen LogP contribution in [-0.2, 0) is 12.6 Å². The molecule has 134 valence electrons. The fourth-order valence-corrected chi connectivity index (χ4v) is 3.24. The molecular formula is C18H19F3N2O2. The van der Waals surface area contributed by atoms with Crippen molar-refractivity contribution in [2.75, 3.05) is 13.1 Å². The number of halogens is 3. The molecule has 1 amide bonds. The van der Waals surface area contributed by atoms with Crippen molar-refractivity contribution >= 4 is 5.91 Å². The Balaban J connectivity index is 1.57. The lowest BCUT2D eigenvalue weighted by Gasteiger charge is -2.32. The maximum atomic E-state index is 12.8. The first-order chi connectivity index (χ1) is 11.9. The van der Waals surface area contributed by atoms with Gasteiger partial charge in [-0.1, -0.05) is 23.4 Å². The fourth-order valence-electron chi connectivity index (χ4n) is 3.24. The van der Waals surface area contributed by atoms with Gasteiger partial charge in [0.25, 0.3) is 5.91 Å². The minimum absolute atomic E-state index is 0.155. The van der Waals surface area contributed by atoms with Crippen LogP contribution in [0.5, 0.6) is 0 Å². The number of carbonyl (C=O) groups is 1. The lowest BCUT2D eigenvalue weighted by Crippen LogP contribution is -2.40. The predicted octanol–water partition coefficient (Wildman–Crippen LogP) is 4.18. The third-order valence-electron chi connectivity index (χ3n) is 4.56. The van der Waals surface area contributed by atoms with Gasteiger partial charge in [-0.3, -0.25) is 4.79 Å². The van der Waals surface area contributed by atoms with Gasteiger partial charge in [-0.05, 0) is 43.2 Å². The third kappa shape index (κ3) is 4.41. The van der Waals surface area contributed by atoms with Crippen LogP contribution < -0.4 is 0 Å². The molecule has 0 saturated carbocycles. The molecule has 0 radical (unpaired) electrons. The van der Waals surface area contributed by atoms with Gasteiger partial charge in [-0.15, -0.1) is 0 Å². The zero-order valence-corrected chi connectivity index (χ0v) is 13.6. The normalized spacial score (nSPS) is 18.4. The van der Waals surface area contributed by atoms with Crippen molar-refractivity contribution in [3.8, 4) is 0 Å². The smallest absolute Gasteiger partial charge is 0.364 e. The summed E-state index contributed by atoms with van der Waals surface area (Å²) >= 11 is 0. The third-order valence-corrected chi connectivity index (χ3v) is 4.56. The molecule has 4 nitrogen and oxygen atoms in total. The lowest BCUT2D eigenvalue weighted by molar-refractivity contribution is -0.137. The summed E-state index contributed by atoms with van der Waals surface area (Å²) in [6.07, 6.45) is 0.229. The van der Waals surface area contributed by atoms with Crippen LogP contribution in [0.2, 0.25) is 0 Å². The van der Waals surface area contributed by atoms with E-state index in [1.165, 1.54) is 24.5 Å². The van der Waals surface area contributed by atoms with Gasteiger partial charge in [0, 0.05) is 19.2 Å². The van der Waals surface area contributed by atoms with Gasteiger partial charge in [0.05, 0.1) is 5.56 Å². The molecule has 1 aliphatic rings. The van der Waals surface area contributed by atoms with Crippen LogP contribution in [0.4, 0.5) is 13.2 Å². The number of hydrogen-bond donors (Lipinski definition) is 0. The number of nitrogens with zero attached hydrogens (tertiary/aromatic N) is 2. The minimum atomic E-state index is -4.32. The molecule has 0 aliphatic carbocycles. The van der Waals surface area contributed by atoms with Gasteiger partial charge < -0.3 is 9.42 Å². The molecule has 1 atom stereocenters. The van der Waals surface area contributed by atoms with E-state index in [-0.39, 0.29) is 11.8 Å². The number of aryl methyl sites for hydroxylation is 1. The average Bonchev–Trinajstić information content (AvgIpc) is 3.14. The van der Waals surface area contributed by atoms with Gasteiger partial charge in [0.2, 0.25) is 0 Å². The molecule has 7 heteroatoms. The summed E-state index contributed by atoms with van der Waals surface area (Å²) in [6, 6.07) is 6.99. The molecule has 25 heavy (non-hydrogen) atoms. The predicted molar refractivity (Wildman–Crippen MR) is 84.9 cm³/mol. The van der Waals surface area contributed by atoms with E-state index >= 15 is 0 Å². The van der Waals surface area contributed by atoms with Crippen molar-refractivity contribution in [3.05, 3.63) is 53.4 Å². The van der Waals surface area contributed by atoms with Crippen LogP contribution in [0.15, 0.2) is 41.1 Å². The Bertz CT molecular complexity index is 713. The Morgan fingerprint density at radius 2 is 2.16 bits per heavy atom. The molecular weight excluding hydrogens is 333 g/mol. The van der Waals surface area contributed by atoms with Gasteiger partial charge in [-0.2, -0.15) is 13.2 Å². The SMILES string of the molecule is O=C(c1ccon1)N1CCC[C@H](CCc2cccc(C(F)(F)F)c2)C1. The molecule has 1 aliphatic heterocycles. The van der Waals surface area contributed by atoms with E-state index in [0.717, 1.165) is 25.3 Å². The number of amides is 1. The Labute approximate surface area is 143 Å².